The average molecular weight is 251 g/mol. The summed E-state index contributed by atoms with van der Waals surface area (Å²) >= 11 is 0. The van der Waals surface area contributed by atoms with E-state index in [1.54, 1.807) is 6.07 Å². The van der Waals surface area contributed by atoms with Crippen LogP contribution in [0.25, 0.3) is 0 Å². The molecule has 3 nitrogen and oxygen atoms in total. The topological polar surface area (TPSA) is 32.5 Å². The Balaban J connectivity index is 1.99. The number of piperidine rings is 1. The standard InChI is InChI=1S/C14H22FN3/c1-17(2)10-11-6-8-18(9-7-11)13-5-3-4-12(15)14(13)16/h3-5,11H,6-10,16H2,1-2H3. The molecule has 1 saturated heterocycles. The zero-order chi connectivity index (χ0) is 13.1. The first-order valence-corrected chi connectivity index (χ1v) is 6.51. The van der Waals surface area contributed by atoms with Crippen LogP contribution in [0.15, 0.2) is 18.2 Å². The Hall–Kier alpha value is -1.29. The Morgan fingerprint density at radius 3 is 2.61 bits per heavy atom. The molecule has 1 aliphatic heterocycles. The van der Waals surface area contributed by atoms with Gasteiger partial charge in [-0.3, -0.25) is 0 Å². The summed E-state index contributed by atoms with van der Waals surface area (Å²) in [4.78, 5) is 4.43. The maximum absolute atomic E-state index is 13.4. The first-order chi connectivity index (χ1) is 8.58. The van der Waals surface area contributed by atoms with E-state index >= 15 is 0 Å². The molecule has 1 aromatic carbocycles. The van der Waals surface area contributed by atoms with Crippen LogP contribution in [-0.4, -0.2) is 38.6 Å². The molecule has 0 aliphatic carbocycles. The number of halogens is 1. The molecule has 4 heteroatoms. The summed E-state index contributed by atoms with van der Waals surface area (Å²) in [6, 6.07) is 5.05. The number of para-hydroxylation sites is 1. The van der Waals surface area contributed by atoms with Gasteiger partial charge in [0.05, 0.1) is 11.4 Å². The molecule has 0 aromatic heterocycles. The monoisotopic (exact) mass is 251 g/mol. The van der Waals surface area contributed by atoms with Crippen molar-refractivity contribution < 1.29 is 4.39 Å². The van der Waals surface area contributed by atoms with Crippen molar-refractivity contribution in [2.75, 3.05) is 44.4 Å². The minimum absolute atomic E-state index is 0.281. The predicted octanol–water partition coefficient (Wildman–Crippen LogP) is 2.19. The molecule has 18 heavy (non-hydrogen) atoms. The Morgan fingerprint density at radius 2 is 2.00 bits per heavy atom. The van der Waals surface area contributed by atoms with Gasteiger partial charge in [0, 0.05) is 19.6 Å². The van der Waals surface area contributed by atoms with Crippen LogP contribution in [0.1, 0.15) is 12.8 Å². The number of nitrogens with two attached hydrogens (primary N) is 1. The van der Waals surface area contributed by atoms with E-state index in [4.69, 9.17) is 5.73 Å². The number of benzene rings is 1. The van der Waals surface area contributed by atoms with Gasteiger partial charge in [0.1, 0.15) is 5.82 Å². The quantitative estimate of drug-likeness (QED) is 0.836. The van der Waals surface area contributed by atoms with Crippen LogP contribution in [0.5, 0.6) is 0 Å². The number of anilines is 2. The van der Waals surface area contributed by atoms with Gasteiger partial charge in [-0.25, -0.2) is 4.39 Å². The molecule has 0 spiro atoms. The van der Waals surface area contributed by atoms with E-state index in [0.29, 0.717) is 0 Å². The van der Waals surface area contributed by atoms with Gasteiger partial charge < -0.3 is 15.5 Å². The van der Waals surface area contributed by atoms with Crippen molar-refractivity contribution in [1.82, 2.24) is 4.90 Å². The molecule has 0 atom stereocenters. The van der Waals surface area contributed by atoms with Crippen molar-refractivity contribution in [2.45, 2.75) is 12.8 Å². The first kappa shape index (κ1) is 13.1. The first-order valence-electron chi connectivity index (χ1n) is 6.51. The third-order valence-corrected chi connectivity index (χ3v) is 3.61. The van der Waals surface area contributed by atoms with E-state index in [0.717, 1.165) is 44.1 Å². The van der Waals surface area contributed by atoms with Crippen LogP contribution < -0.4 is 10.6 Å². The summed E-state index contributed by atoms with van der Waals surface area (Å²) in [5, 5.41) is 0. The fraction of sp³-hybridized carbons (Fsp3) is 0.571. The lowest BCUT2D eigenvalue weighted by atomic mass is 9.96. The molecule has 0 radical (unpaired) electrons. The molecule has 1 aromatic rings. The van der Waals surface area contributed by atoms with Crippen molar-refractivity contribution in [1.29, 1.82) is 0 Å². The lowest BCUT2D eigenvalue weighted by Gasteiger charge is -2.35. The Bertz CT molecular complexity index is 398. The highest BCUT2D eigenvalue weighted by Crippen LogP contribution is 2.29. The molecule has 100 valence electrons. The highest BCUT2D eigenvalue weighted by Gasteiger charge is 2.21. The lowest BCUT2D eigenvalue weighted by molar-refractivity contribution is 0.285. The second-order valence-electron chi connectivity index (χ2n) is 5.37. The van der Waals surface area contributed by atoms with E-state index in [9.17, 15) is 4.39 Å². The summed E-state index contributed by atoms with van der Waals surface area (Å²) in [5.41, 5.74) is 6.93. The van der Waals surface area contributed by atoms with Crippen LogP contribution in [0.2, 0.25) is 0 Å². The summed E-state index contributed by atoms with van der Waals surface area (Å²) in [5.74, 6) is 0.425. The minimum atomic E-state index is -0.317. The summed E-state index contributed by atoms with van der Waals surface area (Å²) in [7, 11) is 4.22. The van der Waals surface area contributed by atoms with Crippen LogP contribution in [0, 0.1) is 11.7 Å². The third kappa shape index (κ3) is 2.93. The summed E-state index contributed by atoms with van der Waals surface area (Å²) in [6.07, 6.45) is 2.29. The van der Waals surface area contributed by atoms with Crippen molar-refractivity contribution in [3.8, 4) is 0 Å². The molecule has 1 heterocycles. The Morgan fingerprint density at radius 1 is 1.33 bits per heavy atom. The number of hydrogen-bond donors (Lipinski definition) is 1. The van der Waals surface area contributed by atoms with Gasteiger partial charge in [-0.05, 0) is 45.0 Å². The normalized spacial score (nSPS) is 17.4. The molecule has 0 amide bonds. The lowest BCUT2D eigenvalue weighted by Crippen LogP contribution is -2.37. The number of nitrogen functional groups attached to an aromatic ring is 1. The minimum Gasteiger partial charge on any atom is -0.395 e. The van der Waals surface area contributed by atoms with Gasteiger partial charge in [-0.15, -0.1) is 0 Å². The average Bonchev–Trinajstić information content (AvgIpc) is 2.33. The summed E-state index contributed by atoms with van der Waals surface area (Å²) in [6.45, 7) is 3.06. The predicted molar refractivity (Wildman–Crippen MR) is 74.3 cm³/mol. The molecular formula is C14H22FN3. The zero-order valence-corrected chi connectivity index (χ0v) is 11.2. The smallest absolute Gasteiger partial charge is 0.148 e. The number of rotatable bonds is 3. The Labute approximate surface area is 108 Å². The van der Waals surface area contributed by atoms with Gasteiger partial charge in [0.2, 0.25) is 0 Å². The second kappa shape index (κ2) is 5.57. The van der Waals surface area contributed by atoms with Crippen molar-refractivity contribution in [3.05, 3.63) is 24.0 Å². The van der Waals surface area contributed by atoms with E-state index in [1.165, 1.54) is 6.07 Å². The highest BCUT2D eigenvalue weighted by atomic mass is 19.1. The zero-order valence-electron chi connectivity index (χ0n) is 11.2. The van der Waals surface area contributed by atoms with Gasteiger partial charge >= 0.3 is 0 Å². The van der Waals surface area contributed by atoms with Crippen molar-refractivity contribution in [3.63, 3.8) is 0 Å². The number of nitrogens with zero attached hydrogens (tertiary/aromatic N) is 2. The maximum Gasteiger partial charge on any atom is 0.148 e. The Kier molecular flexibility index (Phi) is 4.07. The van der Waals surface area contributed by atoms with Gasteiger partial charge in [-0.2, -0.15) is 0 Å². The molecule has 0 bridgehead atoms. The third-order valence-electron chi connectivity index (χ3n) is 3.61. The molecule has 2 rings (SSSR count). The maximum atomic E-state index is 13.4. The molecule has 1 fully saturated rings. The molecule has 0 unspecified atom stereocenters. The van der Waals surface area contributed by atoms with Crippen LogP contribution in [0.3, 0.4) is 0 Å². The summed E-state index contributed by atoms with van der Waals surface area (Å²) < 4.78 is 13.4. The fourth-order valence-electron chi connectivity index (χ4n) is 2.67. The molecule has 0 saturated carbocycles. The van der Waals surface area contributed by atoms with Crippen molar-refractivity contribution in [2.24, 2.45) is 5.92 Å². The molecule has 2 N–H and O–H groups in total. The van der Waals surface area contributed by atoms with E-state index in [2.05, 4.69) is 23.9 Å². The number of hydrogen-bond acceptors (Lipinski definition) is 3. The highest BCUT2D eigenvalue weighted by molar-refractivity contribution is 5.68. The van der Waals surface area contributed by atoms with Crippen molar-refractivity contribution >= 4 is 11.4 Å². The van der Waals surface area contributed by atoms with Gasteiger partial charge in [0.15, 0.2) is 0 Å². The van der Waals surface area contributed by atoms with Crippen LogP contribution >= 0.6 is 0 Å². The van der Waals surface area contributed by atoms with E-state index in [1.807, 2.05) is 6.07 Å². The molecule has 1 aliphatic rings. The van der Waals surface area contributed by atoms with Gasteiger partial charge in [-0.1, -0.05) is 6.07 Å². The van der Waals surface area contributed by atoms with Crippen LogP contribution in [-0.2, 0) is 0 Å². The fourth-order valence-corrected chi connectivity index (χ4v) is 2.67. The SMILES string of the molecule is CN(C)CC1CCN(c2cccc(F)c2N)CC1. The second-order valence-corrected chi connectivity index (χ2v) is 5.37. The van der Waals surface area contributed by atoms with E-state index < -0.39 is 0 Å². The largest absolute Gasteiger partial charge is 0.395 e. The van der Waals surface area contributed by atoms with E-state index in [-0.39, 0.29) is 11.5 Å². The van der Waals surface area contributed by atoms with Gasteiger partial charge in [0.25, 0.3) is 0 Å². The van der Waals surface area contributed by atoms with Crippen LogP contribution in [0.4, 0.5) is 15.8 Å². The molecular weight excluding hydrogens is 229 g/mol.